The molecule has 3 rings (SSSR count). The van der Waals surface area contributed by atoms with Crippen LogP contribution in [0.15, 0.2) is 63.9 Å². The van der Waals surface area contributed by atoms with Crippen LogP contribution in [0.25, 0.3) is 0 Å². The van der Waals surface area contributed by atoms with Gasteiger partial charge in [0.2, 0.25) is 0 Å². The van der Waals surface area contributed by atoms with Gasteiger partial charge < -0.3 is 0 Å². The normalized spacial score (nSPS) is 18.5. The van der Waals surface area contributed by atoms with Crippen LogP contribution in [0.4, 0.5) is 10.5 Å². The maximum absolute atomic E-state index is 13.3. The quantitative estimate of drug-likeness (QED) is 0.734. The number of nitrogens with zero attached hydrogens (tertiary/aromatic N) is 3. The van der Waals surface area contributed by atoms with Gasteiger partial charge in [-0.2, -0.15) is 0 Å². The summed E-state index contributed by atoms with van der Waals surface area (Å²) >= 11 is 0. The van der Waals surface area contributed by atoms with Gasteiger partial charge in [-0.25, -0.2) is 30.8 Å². The smallest absolute Gasteiger partial charge is 0.246 e. The van der Waals surface area contributed by atoms with E-state index < -0.39 is 31.6 Å². The Morgan fingerprint density at radius 3 is 1.97 bits per heavy atom. The molecule has 29 heavy (non-hydrogen) atoms. The maximum atomic E-state index is 13.3. The van der Waals surface area contributed by atoms with Crippen molar-refractivity contribution in [2.24, 2.45) is 4.40 Å². The summed E-state index contributed by atoms with van der Waals surface area (Å²) in [5.74, 6) is -0.187. The predicted octanol–water partition coefficient (Wildman–Crippen LogP) is 2.76. The monoisotopic (exact) mass is 435 g/mol. The molecule has 0 atom stereocenters. The minimum Gasteiger partial charge on any atom is -0.246 e. The summed E-state index contributed by atoms with van der Waals surface area (Å²) in [7, 11) is -8.18. The van der Waals surface area contributed by atoms with Crippen LogP contribution in [-0.2, 0) is 20.0 Å². The van der Waals surface area contributed by atoms with Crippen molar-refractivity contribution in [3.8, 4) is 0 Å². The Balaban J connectivity index is 2.26. The van der Waals surface area contributed by atoms with Crippen molar-refractivity contribution in [2.75, 3.05) is 11.2 Å². The number of anilines is 1. The Bertz CT molecular complexity index is 1190. The zero-order chi connectivity index (χ0) is 21.6. The summed E-state index contributed by atoms with van der Waals surface area (Å²) < 4.78 is 54.9. The molecule has 2 amide bonds. The molecule has 1 aliphatic heterocycles. The Hall–Kier alpha value is -2.72. The first-order chi connectivity index (χ1) is 13.4. The first-order valence-corrected chi connectivity index (χ1v) is 12.0. The van der Waals surface area contributed by atoms with Crippen molar-refractivity contribution in [1.29, 1.82) is 0 Å². The molecular weight excluding hydrogens is 414 g/mol. The van der Waals surface area contributed by atoms with Crippen LogP contribution in [0.2, 0.25) is 0 Å². The van der Waals surface area contributed by atoms with Crippen LogP contribution in [-0.4, -0.2) is 44.8 Å². The first kappa shape index (κ1) is 21.0. The summed E-state index contributed by atoms with van der Waals surface area (Å²) in [5, 5.41) is 0. The van der Waals surface area contributed by atoms with E-state index in [1.165, 1.54) is 26.0 Å². The second-order valence-corrected chi connectivity index (χ2v) is 10.7. The Morgan fingerprint density at radius 1 is 0.897 bits per heavy atom. The van der Waals surface area contributed by atoms with E-state index in [1.807, 2.05) is 6.92 Å². The molecule has 154 valence electrons. The number of urea groups is 1. The molecule has 0 aliphatic carbocycles. The number of hydrogen-bond donors (Lipinski definition) is 0. The van der Waals surface area contributed by atoms with Gasteiger partial charge >= 0.3 is 6.03 Å². The first-order valence-electron chi connectivity index (χ1n) is 8.67. The number of amides is 2. The average molecular weight is 436 g/mol. The summed E-state index contributed by atoms with van der Waals surface area (Å²) in [6.07, 6.45) is 0.891. The molecule has 0 unspecified atom stereocenters. The van der Waals surface area contributed by atoms with Crippen LogP contribution in [0.5, 0.6) is 0 Å². The highest BCUT2D eigenvalue weighted by Crippen LogP contribution is 2.37. The third-order valence-electron chi connectivity index (χ3n) is 4.46. The topological polar surface area (TPSA) is 104 Å². The van der Waals surface area contributed by atoms with Gasteiger partial charge in [0, 0.05) is 0 Å². The third-order valence-corrected chi connectivity index (χ3v) is 6.92. The van der Waals surface area contributed by atoms with Crippen molar-refractivity contribution in [1.82, 2.24) is 4.31 Å². The molecule has 0 radical (unpaired) electrons. The summed E-state index contributed by atoms with van der Waals surface area (Å²) in [6, 6.07) is 13.3. The number of hydrogen-bond acceptors (Lipinski definition) is 5. The fraction of sp³-hybridized carbons (Fsp3) is 0.263. The van der Waals surface area contributed by atoms with Crippen LogP contribution >= 0.6 is 0 Å². The Labute approximate surface area is 170 Å². The van der Waals surface area contributed by atoms with Gasteiger partial charge in [0.1, 0.15) is 5.54 Å². The lowest BCUT2D eigenvalue weighted by Gasteiger charge is -2.28. The molecule has 1 saturated heterocycles. The lowest BCUT2D eigenvalue weighted by atomic mass is 10.1. The van der Waals surface area contributed by atoms with E-state index in [9.17, 15) is 21.6 Å². The number of sulfonamides is 2. The largest absolute Gasteiger partial charge is 0.345 e. The second-order valence-electron chi connectivity index (χ2n) is 7.24. The third kappa shape index (κ3) is 3.77. The van der Waals surface area contributed by atoms with Crippen LogP contribution in [0, 0.1) is 6.92 Å². The number of carbonyl (C=O) groups is 1. The van der Waals surface area contributed by atoms with Crippen LogP contribution < -0.4 is 4.90 Å². The minimum atomic E-state index is -4.27. The lowest BCUT2D eigenvalue weighted by Crippen LogP contribution is -2.47. The molecule has 2 aromatic rings. The number of rotatable bonds is 4. The summed E-state index contributed by atoms with van der Waals surface area (Å²) in [4.78, 5) is 14.3. The molecule has 0 spiro atoms. The van der Waals surface area contributed by atoms with Gasteiger partial charge in [-0.3, -0.25) is 0 Å². The van der Waals surface area contributed by atoms with E-state index in [-0.39, 0.29) is 10.7 Å². The van der Waals surface area contributed by atoms with E-state index in [4.69, 9.17) is 0 Å². The van der Waals surface area contributed by atoms with Crippen LogP contribution in [0.3, 0.4) is 0 Å². The SMILES string of the molecule is Cc1ccc(N2C(=O)N(S(=O)(=O)c3ccccc3)C(C)(C)/C2=N\S(C)(=O)=O)cc1. The zero-order valence-corrected chi connectivity index (χ0v) is 18.0. The van der Waals surface area contributed by atoms with E-state index in [0.29, 0.717) is 9.99 Å². The van der Waals surface area contributed by atoms with Gasteiger partial charge in [0.15, 0.2) is 5.84 Å². The van der Waals surface area contributed by atoms with E-state index >= 15 is 0 Å². The fourth-order valence-electron chi connectivity index (χ4n) is 3.12. The number of amidine groups is 1. The highest BCUT2D eigenvalue weighted by molar-refractivity contribution is 7.90. The minimum absolute atomic E-state index is 0.0779. The van der Waals surface area contributed by atoms with Crippen molar-refractivity contribution < 1.29 is 21.6 Å². The van der Waals surface area contributed by atoms with Gasteiger partial charge in [-0.05, 0) is 45.0 Å². The maximum Gasteiger partial charge on any atom is 0.345 e. The van der Waals surface area contributed by atoms with Gasteiger partial charge in [-0.1, -0.05) is 35.9 Å². The Morgan fingerprint density at radius 2 is 1.45 bits per heavy atom. The summed E-state index contributed by atoms with van der Waals surface area (Å²) in [5.41, 5.74) is -0.295. The average Bonchev–Trinajstić information content (AvgIpc) is 2.81. The van der Waals surface area contributed by atoms with Crippen molar-refractivity contribution >= 4 is 37.6 Å². The zero-order valence-electron chi connectivity index (χ0n) is 16.4. The highest BCUT2D eigenvalue weighted by atomic mass is 32.2. The molecule has 1 fully saturated rings. The fourth-order valence-corrected chi connectivity index (χ4v) is 5.42. The van der Waals surface area contributed by atoms with Crippen LogP contribution in [0.1, 0.15) is 19.4 Å². The van der Waals surface area contributed by atoms with Gasteiger partial charge in [0.25, 0.3) is 20.0 Å². The predicted molar refractivity (Wildman–Crippen MR) is 111 cm³/mol. The number of carbonyl (C=O) groups excluding carboxylic acids is 1. The number of benzene rings is 2. The lowest BCUT2D eigenvalue weighted by molar-refractivity contribution is 0.226. The van der Waals surface area contributed by atoms with Crippen molar-refractivity contribution in [3.63, 3.8) is 0 Å². The molecule has 8 nitrogen and oxygen atoms in total. The molecule has 0 N–H and O–H groups in total. The molecule has 10 heteroatoms. The molecule has 0 aromatic heterocycles. The molecular formula is C19H21N3O5S2. The molecule has 1 aliphatic rings. The van der Waals surface area contributed by atoms with E-state index in [2.05, 4.69) is 4.40 Å². The van der Waals surface area contributed by atoms with Gasteiger partial charge in [0.05, 0.1) is 16.8 Å². The Kier molecular flexibility index (Phi) is 5.04. The summed E-state index contributed by atoms with van der Waals surface area (Å²) in [6.45, 7) is 4.75. The molecule has 0 saturated carbocycles. The van der Waals surface area contributed by atoms with E-state index in [0.717, 1.165) is 16.7 Å². The van der Waals surface area contributed by atoms with E-state index in [1.54, 1.807) is 42.5 Å². The van der Waals surface area contributed by atoms with Crippen molar-refractivity contribution in [2.45, 2.75) is 31.2 Å². The van der Waals surface area contributed by atoms with Crippen molar-refractivity contribution in [3.05, 3.63) is 60.2 Å². The highest BCUT2D eigenvalue weighted by Gasteiger charge is 2.56. The molecule has 0 bridgehead atoms. The standard InChI is InChI=1S/C19H21N3O5S2/c1-14-10-12-15(13-11-14)21-17(20-28(4,24)25)19(2,3)22(18(21)23)29(26,27)16-8-6-5-7-9-16/h5-13H,1-4H3/b20-17+. The van der Waals surface area contributed by atoms with Gasteiger partial charge in [-0.15, -0.1) is 4.40 Å². The molecule has 2 aromatic carbocycles. The second kappa shape index (κ2) is 6.96. The number of aryl methyl sites for hydroxylation is 1. The molecule has 1 heterocycles.